The Morgan fingerprint density at radius 2 is 2.33 bits per heavy atom. The summed E-state index contributed by atoms with van der Waals surface area (Å²) < 4.78 is 0. The second-order valence-electron chi connectivity index (χ2n) is 4.22. The highest BCUT2D eigenvalue weighted by molar-refractivity contribution is 5.36. The third-order valence-electron chi connectivity index (χ3n) is 2.77. The monoisotopic (exact) mass is 206 g/mol. The highest BCUT2D eigenvalue weighted by Crippen LogP contribution is 2.31. The van der Waals surface area contributed by atoms with Crippen molar-refractivity contribution in [3.05, 3.63) is 18.0 Å². The molecule has 1 unspecified atom stereocenters. The molecular weight excluding hydrogens is 188 g/mol. The van der Waals surface area contributed by atoms with E-state index in [-0.39, 0.29) is 0 Å². The van der Waals surface area contributed by atoms with Crippen LogP contribution in [0.2, 0.25) is 0 Å². The van der Waals surface area contributed by atoms with Crippen molar-refractivity contribution in [2.45, 2.75) is 38.8 Å². The molecule has 1 aromatic heterocycles. The maximum Gasteiger partial charge on any atom is 0.226 e. The summed E-state index contributed by atoms with van der Waals surface area (Å²) in [7, 11) is 0. The number of anilines is 1. The molecule has 1 atom stereocenters. The Kier molecular flexibility index (Phi) is 2.86. The van der Waals surface area contributed by atoms with E-state index in [0.717, 1.165) is 11.6 Å². The summed E-state index contributed by atoms with van der Waals surface area (Å²) in [6, 6.07) is 2.84. The minimum absolute atomic E-state index is 0.319. The predicted molar refractivity (Wildman–Crippen MR) is 60.8 cm³/mol. The van der Waals surface area contributed by atoms with Crippen LogP contribution in [-0.2, 0) is 0 Å². The molecule has 2 N–H and O–H groups in total. The Morgan fingerprint density at radius 3 is 2.87 bits per heavy atom. The molecule has 0 bridgehead atoms. The van der Waals surface area contributed by atoms with Crippen LogP contribution in [0.1, 0.15) is 25.5 Å². The number of hydrogen-bond acceptors (Lipinski definition) is 4. The summed E-state index contributed by atoms with van der Waals surface area (Å²) in [5.41, 5.74) is 6.73. The van der Waals surface area contributed by atoms with Crippen molar-refractivity contribution in [2.24, 2.45) is 5.73 Å². The summed E-state index contributed by atoms with van der Waals surface area (Å²) in [6.07, 6.45) is 4.29. The zero-order valence-corrected chi connectivity index (χ0v) is 9.35. The standard InChI is InChI=1S/C11H18N4/c1-8-5-6-13-11(14-8)15(9(2)7-12)10-3-4-10/h5-6,9-10H,3-4,7,12H2,1-2H3. The van der Waals surface area contributed by atoms with Crippen molar-refractivity contribution in [3.8, 4) is 0 Å². The Morgan fingerprint density at radius 1 is 1.60 bits per heavy atom. The molecule has 2 rings (SSSR count). The zero-order valence-electron chi connectivity index (χ0n) is 9.35. The Bertz CT molecular complexity index is 335. The Hall–Kier alpha value is -1.16. The lowest BCUT2D eigenvalue weighted by Gasteiger charge is -2.28. The van der Waals surface area contributed by atoms with Gasteiger partial charge in [0.25, 0.3) is 0 Å². The zero-order chi connectivity index (χ0) is 10.8. The van der Waals surface area contributed by atoms with Gasteiger partial charge < -0.3 is 10.6 Å². The van der Waals surface area contributed by atoms with Crippen molar-refractivity contribution in [2.75, 3.05) is 11.4 Å². The highest BCUT2D eigenvalue weighted by Gasteiger charge is 2.33. The summed E-state index contributed by atoms with van der Waals surface area (Å²) in [5.74, 6) is 0.829. The van der Waals surface area contributed by atoms with Crippen molar-refractivity contribution in [1.82, 2.24) is 9.97 Å². The Balaban J connectivity index is 2.23. The van der Waals surface area contributed by atoms with Crippen LogP contribution in [0.3, 0.4) is 0 Å². The average molecular weight is 206 g/mol. The summed E-state index contributed by atoms with van der Waals surface area (Å²) >= 11 is 0. The first-order valence-electron chi connectivity index (χ1n) is 5.50. The molecule has 0 aliphatic heterocycles. The summed E-state index contributed by atoms with van der Waals surface area (Å²) in [6.45, 7) is 4.77. The molecule has 1 heterocycles. The van der Waals surface area contributed by atoms with Gasteiger partial charge in [-0.05, 0) is 32.8 Å². The molecule has 0 aromatic carbocycles. The number of aromatic nitrogens is 2. The van der Waals surface area contributed by atoms with Crippen LogP contribution in [0, 0.1) is 6.92 Å². The smallest absolute Gasteiger partial charge is 0.226 e. The maximum atomic E-state index is 5.72. The Labute approximate surface area is 90.5 Å². The van der Waals surface area contributed by atoms with Gasteiger partial charge in [0.2, 0.25) is 5.95 Å². The van der Waals surface area contributed by atoms with Gasteiger partial charge in [-0.2, -0.15) is 0 Å². The van der Waals surface area contributed by atoms with Crippen molar-refractivity contribution < 1.29 is 0 Å². The lowest BCUT2D eigenvalue weighted by molar-refractivity contribution is 0.619. The lowest BCUT2D eigenvalue weighted by atomic mass is 10.3. The fraction of sp³-hybridized carbons (Fsp3) is 0.636. The molecule has 0 spiro atoms. The molecule has 1 aliphatic carbocycles. The van der Waals surface area contributed by atoms with E-state index in [4.69, 9.17) is 5.73 Å². The van der Waals surface area contributed by atoms with Crippen LogP contribution in [0.15, 0.2) is 12.3 Å². The van der Waals surface area contributed by atoms with Crippen LogP contribution in [0.25, 0.3) is 0 Å². The third kappa shape index (κ3) is 2.26. The van der Waals surface area contributed by atoms with E-state index >= 15 is 0 Å². The molecule has 0 saturated heterocycles. The number of rotatable bonds is 4. The third-order valence-corrected chi connectivity index (χ3v) is 2.77. The first kappa shape index (κ1) is 10.4. The maximum absolute atomic E-state index is 5.72. The second kappa shape index (κ2) is 4.14. The van der Waals surface area contributed by atoms with E-state index in [9.17, 15) is 0 Å². The average Bonchev–Trinajstić information content (AvgIpc) is 3.02. The predicted octanol–water partition coefficient (Wildman–Crippen LogP) is 1.10. The van der Waals surface area contributed by atoms with E-state index in [1.807, 2.05) is 19.2 Å². The van der Waals surface area contributed by atoms with Gasteiger partial charge in [-0.1, -0.05) is 0 Å². The van der Waals surface area contributed by atoms with E-state index in [1.54, 1.807) is 0 Å². The van der Waals surface area contributed by atoms with E-state index in [1.165, 1.54) is 12.8 Å². The normalized spacial score (nSPS) is 17.5. The molecule has 1 aliphatic rings. The highest BCUT2D eigenvalue weighted by atomic mass is 15.3. The van der Waals surface area contributed by atoms with E-state index < -0.39 is 0 Å². The van der Waals surface area contributed by atoms with Gasteiger partial charge in [-0.15, -0.1) is 0 Å². The van der Waals surface area contributed by atoms with Gasteiger partial charge in [-0.25, -0.2) is 9.97 Å². The first-order valence-corrected chi connectivity index (χ1v) is 5.50. The summed E-state index contributed by atoms with van der Waals surface area (Å²) in [5, 5.41) is 0. The minimum Gasteiger partial charge on any atom is -0.334 e. The van der Waals surface area contributed by atoms with Crippen LogP contribution in [0.4, 0.5) is 5.95 Å². The van der Waals surface area contributed by atoms with Gasteiger partial charge in [0.15, 0.2) is 0 Å². The number of nitrogens with zero attached hydrogens (tertiary/aromatic N) is 3. The molecule has 15 heavy (non-hydrogen) atoms. The fourth-order valence-corrected chi connectivity index (χ4v) is 1.75. The largest absolute Gasteiger partial charge is 0.334 e. The molecule has 82 valence electrons. The molecule has 1 fully saturated rings. The first-order chi connectivity index (χ1) is 7.22. The number of nitrogens with two attached hydrogens (primary N) is 1. The van der Waals surface area contributed by atoms with Gasteiger partial charge in [0, 0.05) is 30.5 Å². The van der Waals surface area contributed by atoms with E-state index in [2.05, 4.69) is 21.8 Å². The number of hydrogen-bond donors (Lipinski definition) is 1. The van der Waals surface area contributed by atoms with Crippen LogP contribution in [0.5, 0.6) is 0 Å². The molecule has 0 amide bonds. The van der Waals surface area contributed by atoms with E-state index in [0.29, 0.717) is 18.6 Å². The van der Waals surface area contributed by atoms with Crippen molar-refractivity contribution in [3.63, 3.8) is 0 Å². The molecule has 4 heteroatoms. The minimum atomic E-state index is 0.319. The fourth-order valence-electron chi connectivity index (χ4n) is 1.75. The van der Waals surface area contributed by atoms with Crippen LogP contribution in [-0.4, -0.2) is 28.6 Å². The molecular formula is C11H18N4. The topological polar surface area (TPSA) is 55.0 Å². The van der Waals surface area contributed by atoms with Crippen molar-refractivity contribution >= 4 is 5.95 Å². The second-order valence-corrected chi connectivity index (χ2v) is 4.22. The van der Waals surface area contributed by atoms with Gasteiger partial charge in [0.05, 0.1) is 0 Å². The number of aryl methyl sites for hydroxylation is 1. The molecule has 1 aromatic rings. The van der Waals surface area contributed by atoms with Crippen LogP contribution < -0.4 is 10.6 Å². The molecule has 1 saturated carbocycles. The molecule has 0 radical (unpaired) electrons. The molecule has 4 nitrogen and oxygen atoms in total. The SMILES string of the molecule is Cc1ccnc(N(C(C)CN)C2CC2)n1. The van der Waals surface area contributed by atoms with Crippen molar-refractivity contribution in [1.29, 1.82) is 0 Å². The van der Waals surface area contributed by atoms with Gasteiger partial charge in [0.1, 0.15) is 0 Å². The van der Waals surface area contributed by atoms with Gasteiger partial charge in [-0.3, -0.25) is 0 Å². The quantitative estimate of drug-likeness (QED) is 0.801. The summed E-state index contributed by atoms with van der Waals surface area (Å²) in [4.78, 5) is 11.0. The lowest BCUT2D eigenvalue weighted by Crippen LogP contribution is -2.41. The van der Waals surface area contributed by atoms with Gasteiger partial charge >= 0.3 is 0 Å². The van der Waals surface area contributed by atoms with Crippen LogP contribution >= 0.6 is 0 Å².